The van der Waals surface area contributed by atoms with Crippen molar-refractivity contribution in [1.82, 2.24) is 4.90 Å². The van der Waals surface area contributed by atoms with Gasteiger partial charge in [0.15, 0.2) is 17.4 Å². The van der Waals surface area contributed by atoms with E-state index in [-0.39, 0.29) is 11.3 Å². The van der Waals surface area contributed by atoms with Crippen LogP contribution in [0.2, 0.25) is 0 Å². The molecule has 1 unspecified atom stereocenters. The van der Waals surface area contributed by atoms with E-state index in [2.05, 4.69) is 0 Å². The van der Waals surface area contributed by atoms with Crippen LogP contribution in [-0.2, 0) is 10.8 Å². The van der Waals surface area contributed by atoms with E-state index < -0.39 is 28.5 Å². The molecule has 1 aliphatic heterocycles. The van der Waals surface area contributed by atoms with E-state index in [4.69, 9.17) is 0 Å². The molecule has 19 heavy (non-hydrogen) atoms. The normalized spacial score (nSPS) is 19.3. The van der Waals surface area contributed by atoms with Crippen molar-refractivity contribution in [3.05, 3.63) is 35.4 Å². The topological polar surface area (TPSA) is 37.4 Å². The summed E-state index contributed by atoms with van der Waals surface area (Å²) in [5, 5.41) is 0. The molecule has 0 bridgehead atoms. The standard InChI is InChI=1S/C13H15F2NO2S/c1-9(16-4-6-19(18)7-5-16)13(17)10-2-3-11(14)12(15)8-10/h2-3,8-9H,4-7H2,1H3. The molecule has 1 atom stereocenters. The van der Waals surface area contributed by atoms with Crippen molar-refractivity contribution in [3.63, 3.8) is 0 Å². The minimum Gasteiger partial charge on any atom is -0.292 e. The summed E-state index contributed by atoms with van der Waals surface area (Å²) in [6.07, 6.45) is 0. The zero-order valence-corrected chi connectivity index (χ0v) is 11.4. The largest absolute Gasteiger partial charge is 0.292 e. The van der Waals surface area contributed by atoms with Gasteiger partial charge in [-0.3, -0.25) is 13.9 Å². The summed E-state index contributed by atoms with van der Waals surface area (Å²) in [5.41, 5.74) is 0.165. The monoisotopic (exact) mass is 287 g/mol. The van der Waals surface area contributed by atoms with E-state index in [1.807, 2.05) is 4.90 Å². The first-order valence-corrected chi connectivity index (χ1v) is 7.56. The van der Waals surface area contributed by atoms with Crippen LogP contribution in [0, 0.1) is 11.6 Å². The molecule has 6 heteroatoms. The predicted molar refractivity (Wildman–Crippen MR) is 69.6 cm³/mol. The van der Waals surface area contributed by atoms with Crippen LogP contribution in [0.1, 0.15) is 17.3 Å². The van der Waals surface area contributed by atoms with E-state index in [0.29, 0.717) is 24.6 Å². The summed E-state index contributed by atoms with van der Waals surface area (Å²) in [7, 11) is -0.804. The number of Topliss-reactive ketones (excluding diaryl/α,β-unsaturated/α-hetero) is 1. The SMILES string of the molecule is CC(C(=O)c1ccc(F)c(F)c1)N1CCS(=O)CC1. The van der Waals surface area contributed by atoms with Gasteiger partial charge in [-0.2, -0.15) is 0 Å². The summed E-state index contributed by atoms with van der Waals surface area (Å²) in [6, 6.07) is 2.76. The van der Waals surface area contributed by atoms with Crippen LogP contribution < -0.4 is 0 Å². The van der Waals surface area contributed by atoms with Gasteiger partial charge in [-0.1, -0.05) is 0 Å². The summed E-state index contributed by atoms with van der Waals surface area (Å²) in [4.78, 5) is 14.1. The minimum absolute atomic E-state index is 0.165. The van der Waals surface area contributed by atoms with Gasteiger partial charge in [-0.15, -0.1) is 0 Å². The molecule has 1 aromatic rings. The lowest BCUT2D eigenvalue weighted by Gasteiger charge is -2.31. The number of halogens is 2. The van der Waals surface area contributed by atoms with Gasteiger partial charge in [-0.25, -0.2) is 8.78 Å². The van der Waals surface area contributed by atoms with Crippen molar-refractivity contribution in [3.8, 4) is 0 Å². The number of rotatable bonds is 3. The zero-order valence-electron chi connectivity index (χ0n) is 10.6. The van der Waals surface area contributed by atoms with Crippen LogP contribution in [0.25, 0.3) is 0 Å². The van der Waals surface area contributed by atoms with Crippen LogP contribution in [0.15, 0.2) is 18.2 Å². The van der Waals surface area contributed by atoms with Gasteiger partial charge >= 0.3 is 0 Å². The summed E-state index contributed by atoms with van der Waals surface area (Å²) < 4.78 is 37.2. The molecule has 1 aliphatic rings. The number of carbonyl (C=O) groups is 1. The molecule has 0 aromatic heterocycles. The molecule has 1 heterocycles. The first kappa shape index (κ1) is 14.3. The molecule has 1 fully saturated rings. The highest BCUT2D eigenvalue weighted by molar-refractivity contribution is 7.85. The lowest BCUT2D eigenvalue weighted by Crippen LogP contribution is -2.46. The summed E-state index contributed by atoms with van der Waals surface area (Å²) in [5.74, 6) is -1.12. The molecule has 3 nitrogen and oxygen atoms in total. The van der Waals surface area contributed by atoms with Crippen molar-refractivity contribution >= 4 is 16.6 Å². The van der Waals surface area contributed by atoms with Crippen LogP contribution in [0.4, 0.5) is 8.78 Å². The van der Waals surface area contributed by atoms with Crippen molar-refractivity contribution in [2.24, 2.45) is 0 Å². The smallest absolute Gasteiger partial charge is 0.179 e. The Kier molecular flexibility index (Phi) is 4.42. The Morgan fingerprint density at radius 3 is 2.47 bits per heavy atom. The Labute approximate surface area is 113 Å². The van der Waals surface area contributed by atoms with E-state index >= 15 is 0 Å². The number of hydrogen-bond donors (Lipinski definition) is 0. The fourth-order valence-corrected chi connectivity index (χ4v) is 3.18. The van der Waals surface area contributed by atoms with Gasteiger partial charge in [-0.05, 0) is 25.1 Å². The lowest BCUT2D eigenvalue weighted by molar-refractivity contribution is 0.0849. The van der Waals surface area contributed by atoms with Crippen LogP contribution in [-0.4, -0.2) is 45.5 Å². The molecule has 0 amide bonds. The van der Waals surface area contributed by atoms with Gasteiger partial charge in [0, 0.05) is 41.0 Å². The maximum atomic E-state index is 13.1. The van der Waals surface area contributed by atoms with Crippen molar-refractivity contribution < 1.29 is 17.8 Å². The van der Waals surface area contributed by atoms with Crippen LogP contribution >= 0.6 is 0 Å². The van der Waals surface area contributed by atoms with Crippen LogP contribution in [0.3, 0.4) is 0 Å². The third-order valence-corrected chi connectivity index (χ3v) is 4.62. The van der Waals surface area contributed by atoms with E-state index in [9.17, 15) is 17.8 Å². The summed E-state index contributed by atoms with van der Waals surface area (Å²) in [6.45, 7) is 2.91. The average Bonchev–Trinajstić information content (AvgIpc) is 2.41. The van der Waals surface area contributed by atoms with Crippen LogP contribution in [0.5, 0.6) is 0 Å². The molecule has 2 rings (SSSR count). The Bertz CT molecular complexity index is 511. The molecular weight excluding hydrogens is 272 g/mol. The van der Waals surface area contributed by atoms with E-state index in [0.717, 1.165) is 12.1 Å². The molecule has 0 saturated carbocycles. The second kappa shape index (κ2) is 5.88. The van der Waals surface area contributed by atoms with E-state index in [1.165, 1.54) is 6.07 Å². The number of carbonyl (C=O) groups excluding carboxylic acids is 1. The Hall–Kier alpha value is -1.14. The number of ketones is 1. The third-order valence-electron chi connectivity index (χ3n) is 3.34. The molecular formula is C13H15F2NO2S. The van der Waals surface area contributed by atoms with E-state index in [1.54, 1.807) is 6.92 Å². The van der Waals surface area contributed by atoms with Crippen molar-refractivity contribution in [1.29, 1.82) is 0 Å². The summed E-state index contributed by atoms with van der Waals surface area (Å²) >= 11 is 0. The Balaban J connectivity index is 2.10. The van der Waals surface area contributed by atoms with Gasteiger partial charge in [0.2, 0.25) is 0 Å². The van der Waals surface area contributed by atoms with Crippen molar-refractivity contribution in [2.45, 2.75) is 13.0 Å². The van der Waals surface area contributed by atoms with Gasteiger partial charge < -0.3 is 0 Å². The quantitative estimate of drug-likeness (QED) is 0.793. The zero-order chi connectivity index (χ0) is 14.0. The first-order valence-electron chi connectivity index (χ1n) is 6.07. The number of nitrogens with zero attached hydrogens (tertiary/aromatic N) is 1. The highest BCUT2D eigenvalue weighted by Gasteiger charge is 2.26. The van der Waals surface area contributed by atoms with Crippen molar-refractivity contribution in [2.75, 3.05) is 24.6 Å². The highest BCUT2D eigenvalue weighted by Crippen LogP contribution is 2.14. The highest BCUT2D eigenvalue weighted by atomic mass is 32.2. The Morgan fingerprint density at radius 2 is 1.89 bits per heavy atom. The molecule has 1 aromatic carbocycles. The molecule has 0 radical (unpaired) electrons. The molecule has 0 N–H and O–H groups in total. The first-order chi connectivity index (χ1) is 8.99. The maximum absolute atomic E-state index is 13.1. The fourth-order valence-electron chi connectivity index (χ4n) is 2.10. The van der Waals surface area contributed by atoms with Gasteiger partial charge in [0.05, 0.1) is 6.04 Å². The minimum atomic E-state index is -1.02. The molecule has 0 aliphatic carbocycles. The Morgan fingerprint density at radius 1 is 1.26 bits per heavy atom. The average molecular weight is 287 g/mol. The molecule has 104 valence electrons. The molecule has 0 spiro atoms. The lowest BCUT2D eigenvalue weighted by atomic mass is 10.0. The third kappa shape index (κ3) is 3.25. The van der Waals surface area contributed by atoms with Gasteiger partial charge in [0.25, 0.3) is 0 Å². The number of benzene rings is 1. The number of hydrogen-bond acceptors (Lipinski definition) is 3. The van der Waals surface area contributed by atoms with Gasteiger partial charge in [0.1, 0.15) is 0 Å². The predicted octanol–water partition coefficient (Wildman–Crippen LogP) is 1.60. The maximum Gasteiger partial charge on any atom is 0.179 e. The fraction of sp³-hybridized carbons (Fsp3) is 0.462. The molecule has 1 saturated heterocycles. The second-order valence-electron chi connectivity index (χ2n) is 4.55. The second-order valence-corrected chi connectivity index (χ2v) is 6.25.